The third-order valence-electron chi connectivity index (χ3n) is 3.35. The molecular weight excluding hydrogens is 273 g/mol. The van der Waals surface area contributed by atoms with Gasteiger partial charge >= 0.3 is 11.1 Å². The topological polar surface area (TPSA) is 91.7 Å². The third-order valence-corrected chi connectivity index (χ3v) is 3.35. The van der Waals surface area contributed by atoms with E-state index in [1.807, 2.05) is 0 Å². The lowest BCUT2D eigenvalue weighted by Gasteiger charge is -2.14. The van der Waals surface area contributed by atoms with Crippen LogP contribution in [0.3, 0.4) is 0 Å². The molecule has 1 atom stereocenters. The second-order valence-corrected chi connectivity index (χ2v) is 4.71. The normalized spacial score (nSPS) is 12.5. The molecule has 0 amide bonds. The molecular formula is C15H12FN3O2. The minimum atomic E-state index is -0.737. The fourth-order valence-electron chi connectivity index (χ4n) is 2.23. The van der Waals surface area contributed by atoms with Crippen LogP contribution in [-0.2, 0) is 0 Å². The highest BCUT2D eigenvalue weighted by Crippen LogP contribution is 2.23. The highest BCUT2D eigenvalue weighted by atomic mass is 19.1. The van der Waals surface area contributed by atoms with Crippen molar-refractivity contribution in [1.82, 2.24) is 9.97 Å². The summed E-state index contributed by atoms with van der Waals surface area (Å²) >= 11 is 0. The number of hydrogen-bond donors (Lipinski definition) is 3. The zero-order valence-electron chi connectivity index (χ0n) is 10.9. The van der Waals surface area contributed by atoms with E-state index in [1.54, 1.807) is 36.4 Å². The molecule has 2 aromatic carbocycles. The van der Waals surface area contributed by atoms with E-state index in [4.69, 9.17) is 5.73 Å². The highest BCUT2D eigenvalue weighted by molar-refractivity contribution is 5.74. The molecule has 1 heterocycles. The molecule has 0 aliphatic carbocycles. The largest absolute Gasteiger partial charge is 0.320 e. The minimum Gasteiger partial charge on any atom is -0.320 e. The van der Waals surface area contributed by atoms with Gasteiger partial charge in [-0.15, -0.1) is 0 Å². The Kier molecular flexibility index (Phi) is 3.15. The maximum atomic E-state index is 13.8. The van der Waals surface area contributed by atoms with Crippen molar-refractivity contribution in [2.45, 2.75) is 6.04 Å². The number of fused-ring (bicyclic) bond motifs is 1. The summed E-state index contributed by atoms with van der Waals surface area (Å²) in [7, 11) is 0. The fourth-order valence-corrected chi connectivity index (χ4v) is 2.23. The molecule has 0 saturated heterocycles. The Morgan fingerprint density at radius 3 is 2.33 bits per heavy atom. The van der Waals surface area contributed by atoms with Gasteiger partial charge in [0, 0.05) is 5.56 Å². The van der Waals surface area contributed by atoms with Gasteiger partial charge in [-0.2, -0.15) is 0 Å². The van der Waals surface area contributed by atoms with E-state index in [2.05, 4.69) is 9.97 Å². The van der Waals surface area contributed by atoms with Crippen LogP contribution in [-0.4, -0.2) is 9.97 Å². The lowest BCUT2D eigenvalue weighted by molar-refractivity contribution is 0.600. The van der Waals surface area contributed by atoms with Crippen LogP contribution in [0.4, 0.5) is 4.39 Å². The van der Waals surface area contributed by atoms with Crippen LogP contribution in [0.1, 0.15) is 17.2 Å². The molecule has 3 rings (SSSR count). The van der Waals surface area contributed by atoms with Crippen molar-refractivity contribution in [3.63, 3.8) is 0 Å². The number of hydrogen-bond acceptors (Lipinski definition) is 3. The van der Waals surface area contributed by atoms with Gasteiger partial charge in [-0.05, 0) is 23.8 Å². The molecule has 0 aliphatic heterocycles. The van der Waals surface area contributed by atoms with E-state index in [0.29, 0.717) is 22.2 Å². The van der Waals surface area contributed by atoms with Crippen LogP contribution in [0.5, 0.6) is 0 Å². The average Bonchev–Trinajstić information content (AvgIpc) is 2.48. The number of rotatable bonds is 2. The lowest BCUT2D eigenvalue weighted by atomic mass is 9.99. The Bertz CT molecular complexity index is 930. The van der Waals surface area contributed by atoms with Crippen molar-refractivity contribution in [2.75, 3.05) is 0 Å². The maximum Gasteiger partial charge on any atom is 0.314 e. The van der Waals surface area contributed by atoms with Gasteiger partial charge in [0.25, 0.3) is 0 Å². The molecule has 21 heavy (non-hydrogen) atoms. The molecule has 0 bridgehead atoms. The van der Waals surface area contributed by atoms with Crippen LogP contribution >= 0.6 is 0 Å². The molecule has 106 valence electrons. The summed E-state index contributed by atoms with van der Waals surface area (Å²) < 4.78 is 13.8. The van der Waals surface area contributed by atoms with Crippen LogP contribution in [0, 0.1) is 5.82 Å². The number of aromatic amines is 2. The number of aromatic nitrogens is 2. The molecule has 1 aromatic heterocycles. The first-order valence-electron chi connectivity index (χ1n) is 6.32. The molecule has 0 aliphatic rings. The number of halogens is 1. The van der Waals surface area contributed by atoms with Crippen LogP contribution in [0.15, 0.2) is 52.1 Å². The van der Waals surface area contributed by atoms with Gasteiger partial charge < -0.3 is 15.7 Å². The zero-order valence-corrected chi connectivity index (χ0v) is 10.9. The molecule has 6 heteroatoms. The first kappa shape index (κ1) is 13.3. The van der Waals surface area contributed by atoms with Gasteiger partial charge in [0.1, 0.15) is 5.82 Å². The Labute approximate surface area is 118 Å². The SMILES string of the molecule is NC(c1ccc2[nH]c(=O)c(=O)[nH]c2c1)c1ccccc1F. The summed E-state index contributed by atoms with van der Waals surface area (Å²) in [6.07, 6.45) is 0. The van der Waals surface area contributed by atoms with E-state index < -0.39 is 17.2 Å². The Morgan fingerprint density at radius 1 is 0.952 bits per heavy atom. The summed E-state index contributed by atoms with van der Waals surface area (Å²) in [6, 6.07) is 10.5. The second-order valence-electron chi connectivity index (χ2n) is 4.71. The first-order chi connectivity index (χ1) is 10.1. The lowest BCUT2D eigenvalue weighted by Crippen LogP contribution is -2.29. The Hall–Kier alpha value is -2.73. The smallest absolute Gasteiger partial charge is 0.314 e. The van der Waals surface area contributed by atoms with Crippen molar-refractivity contribution in [3.05, 3.63) is 80.1 Å². The summed E-state index contributed by atoms with van der Waals surface area (Å²) in [5.41, 5.74) is 6.56. The Balaban J connectivity index is 2.13. The van der Waals surface area contributed by atoms with Crippen molar-refractivity contribution < 1.29 is 4.39 Å². The van der Waals surface area contributed by atoms with Crippen molar-refractivity contribution in [3.8, 4) is 0 Å². The zero-order chi connectivity index (χ0) is 15.0. The molecule has 3 aromatic rings. The van der Waals surface area contributed by atoms with Crippen LogP contribution in [0.25, 0.3) is 11.0 Å². The van der Waals surface area contributed by atoms with Crippen molar-refractivity contribution in [2.24, 2.45) is 5.73 Å². The minimum absolute atomic E-state index is 0.364. The van der Waals surface area contributed by atoms with Crippen LogP contribution in [0.2, 0.25) is 0 Å². The van der Waals surface area contributed by atoms with E-state index >= 15 is 0 Å². The number of benzene rings is 2. The molecule has 0 radical (unpaired) electrons. The molecule has 0 fully saturated rings. The van der Waals surface area contributed by atoms with Gasteiger partial charge in [-0.3, -0.25) is 9.59 Å². The molecule has 1 unspecified atom stereocenters. The third kappa shape index (κ3) is 2.36. The monoisotopic (exact) mass is 285 g/mol. The highest BCUT2D eigenvalue weighted by Gasteiger charge is 2.13. The summed E-state index contributed by atoms with van der Waals surface area (Å²) in [5, 5.41) is 0. The average molecular weight is 285 g/mol. The fraction of sp³-hybridized carbons (Fsp3) is 0.0667. The number of nitrogens with one attached hydrogen (secondary N) is 2. The number of H-pyrrole nitrogens is 2. The summed E-state index contributed by atoms with van der Waals surface area (Å²) in [5.74, 6) is -0.389. The predicted molar refractivity (Wildman–Crippen MR) is 77.6 cm³/mol. The molecule has 5 nitrogen and oxygen atoms in total. The first-order valence-corrected chi connectivity index (χ1v) is 6.32. The predicted octanol–water partition coefficient (Wildman–Crippen LogP) is 1.40. The summed E-state index contributed by atoms with van der Waals surface area (Å²) in [6.45, 7) is 0. The van der Waals surface area contributed by atoms with Gasteiger partial charge in [0.2, 0.25) is 0 Å². The molecule has 0 saturated carbocycles. The summed E-state index contributed by atoms with van der Waals surface area (Å²) in [4.78, 5) is 27.5. The van der Waals surface area contributed by atoms with Gasteiger partial charge in [-0.25, -0.2) is 4.39 Å². The van der Waals surface area contributed by atoms with E-state index in [9.17, 15) is 14.0 Å². The standard InChI is InChI=1S/C15H12FN3O2/c16-10-4-2-1-3-9(10)13(17)8-5-6-11-12(7-8)19-15(21)14(20)18-11/h1-7,13H,17H2,(H,18,20)(H,19,21). The molecule has 4 N–H and O–H groups in total. The van der Waals surface area contributed by atoms with E-state index in [0.717, 1.165) is 0 Å². The Morgan fingerprint density at radius 2 is 1.62 bits per heavy atom. The van der Waals surface area contributed by atoms with Gasteiger partial charge in [0.05, 0.1) is 17.1 Å². The number of nitrogens with two attached hydrogens (primary N) is 1. The van der Waals surface area contributed by atoms with Gasteiger partial charge in [0.15, 0.2) is 0 Å². The van der Waals surface area contributed by atoms with Crippen molar-refractivity contribution >= 4 is 11.0 Å². The quantitative estimate of drug-likeness (QED) is 0.621. The second kappa shape index (κ2) is 4.99. The van der Waals surface area contributed by atoms with Gasteiger partial charge in [-0.1, -0.05) is 24.3 Å². The van der Waals surface area contributed by atoms with E-state index in [-0.39, 0.29) is 5.82 Å². The van der Waals surface area contributed by atoms with E-state index in [1.165, 1.54) is 6.07 Å². The molecule has 0 spiro atoms. The van der Waals surface area contributed by atoms with Crippen LogP contribution < -0.4 is 16.9 Å². The maximum absolute atomic E-state index is 13.8. The van der Waals surface area contributed by atoms with Crippen molar-refractivity contribution in [1.29, 1.82) is 0 Å².